The smallest absolute Gasteiger partial charge is 0.341 e. The van der Waals surface area contributed by atoms with Crippen LogP contribution < -0.4 is 10.1 Å². The van der Waals surface area contributed by atoms with Gasteiger partial charge in [0.2, 0.25) is 0 Å². The lowest BCUT2D eigenvalue weighted by atomic mass is 10.0. The fourth-order valence-corrected chi connectivity index (χ4v) is 2.42. The van der Waals surface area contributed by atoms with Gasteiger partial charge in [-0.3, -0.25) is 4.79 Å². The highest BCUT2D eigenvalue weighted by Crippen LogP contribution is 2.19. The van der Waals surface area contributed by atoms with Gasteiger partial charge in [0.15, 0.2) is 6.61 Å². The molecule has 2 aromatic carbocycles. The minimum atomic E-state index is -1.02. The van der Waals surface area contributed by atoms with Crippen LogP contribution in [0, 0.1) is 13.8 Å². The Kier molecular flexibility index (Phi) is 5.58. The van der Waals surface area contributed by atoms with Crippen LogP contribution >= 0.6 is 0 Å². The first kappa shape index (κ1) is 17.5. The molecular formula is C19H21NO4. The SMILES string of the molecule is Cc1ccc(C(=O)NC(C)c2ccc(OCC(=O)O)cc2)c(C)c1. The molecule has 0 aliphatic heterocycles. The van der Waals surface area contributed by atoms with Gasteiger partial charge < -0.3 is 15.2 Å². The van der Waals surface area contributed by atoms with Crippen LogP contribution in [0.3, 0.4) is 0 Å². The molecule has 5 heteroatoms. The molecule has 0 radical (unpaired) electrons. The average Bonchev–Trinajstić information content (AvgIpc) is 2.53. The van der Waals surface area contributed by atoms with E-state index in [0.29, 0.717) is 11.3 Å². The summed E-state index contributed by atoms with van der Waals surface area (Å²) in [6.45, 7) is 5.43. The first-order valence-corrected chi connectivity index (χ1v) is 7.69. The number of aryl methyl sites for hydroxylation is 2. The van der Waals surface area contributed by atoms with Crippen molar-refractivity contribution in [2.75, 3.05) is 6.61 Å². The highest BCUT2D eigenvalue weighted by molar-refractivity contribution is 5.95. The van der Waals surface area contributed by atoms with E-state index in [-0.39, 0.29) is 18.6 Å². The van der Waals surface area contributed by atoms with E-state index in [1.165, 1.54) is 0 Å². The van der Waals surface area contributed by atoms with Crippen LogP contribution in [0.1, 0.15) is 40.0 Å². The maximum absolute atomic E-state index is 12.4. The summed E-state index contributed by atoms with van der Waals surface area (Å²) in [5, 5.41) is 11.6. The summed E-state index contributed by atoms with van der Waals surface area (Å²) < 4.78 is 5.09. The molecule has 1 unspecified atom stereocenters. The van der Waals surface area contributed by atoms with Crippen molar-refractivity contribution >= 4 is 11.9 Å². The number of amides is 1. The maximum Gasteiger partial charge on any atom is 0.341 e. The van der Waals surface area contributed by atoms with Gasteiger partial charge in [-0.2, -0.15) is 0 Å². The zero-order valence-corrected chi connectivity index (χ0v) is 14.0. The molecule has 0 aliphatic carbocycles. The molecule has 1 atom stereocenters. The molecule has 0 fully saturated rings. The summed E-state index contributed by atoms with van der Waals surface area (Å²) in [5.41, 5.74) is 3.64. The summed E-state index contributed by atoms with van der Waals surface area (Å²) in [6.07, 6.45) is 0. The zero-order chi connectivity index (χ0) is 17.7. The average molecular weight is 327 g/mol. The Morgan fingerprint density at radius 2 is 1.79 bits per heavy atom. The Morgan fingerprint density at radius 3 is 2.38 bits per heavy atom. The molecular weight excluding hydrogens is 306 g/mol. The van der Waals surface area contributed by atoms with E-state index in [9.17, 15) is 9.59 Å². The van der Waals surface area contributed by atoms with Crippen LogP contribution in [0.4, 0.5) is 0 Å². The molecule has 2 N–H and O–H groups in total. The summed E-state index contributed by atoms with van der Waals surface area (Å²) >= 11 is 0. The number of hydrogen-bond donors (Lipinski definition) is 2. The van der Waals surface area contributed by atoms with Crippen LogP contribution in [0.2, 0.25) is 0 Å². The molecule has 0 aliphatic rings. The van der Waals surface area contributed by atoms with Gasteiger partial charge in [-0.15, -0.1) is 0 Å². The highest BCUT2D eigenvalue weighted by Gasteiger charge is 2.13. The van der Waals surface area contributed by atoms with E-state index in [2.05, 4.69) is 5.32 Å². The number of carboxylic acids is 1. The molecule has 2 aromatic rings. The Labute approximate surface area is 141 Å². The summed E-state index contributed by atoms with van der Waals surface area (Å²) in [6, 6.07) is 12.6. The first-order chi connectivity index (χ1) is 11.4. The molecule has 0 heterocycles. The van der Waals surface area contributed by atoms with Crippen LogP contribution in [0.25, 0.3) is 0 Å². The molecule has 0 bridgehead atoms. The van der Waals surface area contributed by atoms with Crippen molar-refractivity contribution in [3.8, 4) is 5.75 Å². The van der Waals surface area contributed by atoms with E-state index >= 15 is 0 Å². The first-order valence-electron chi connectivity index (χ1n) is 7.69. The van der Waals surface area contributed by atoms with E-state index in [1.54, 1.807) is 12.1 Å². The zero-order valence-electron chi connectivity index (χ0n) is 14.0. The third-order valence-electron chi connectivity index (χ3n) is 3.72. The monoisotopic (exact) mass is 327 g/mol. The van der Waals surface area contributed by atoms with Crippen molar-refractivity contribution in [3.05, 3.63) is 64.7 Å². The lowest BCUT2D eigenvalue weighted by Crippen LogP contribution is -2.27. The maximum atomic E-state index is 12.4. The molecule has 126 valence electrons. The number of nitrogens with one attached hydrogen (secondary N) is 1. The molecule has 0 saturated carbocycles. The topological polar surface area (TPSA) is 75.6 Å². The number of hydrogen-bond acceptors (Lipinski definition) is 3. The van der Waals surface area contributed by atoms with E-state index in [0.717, 1.165) is 16.7 Å². The molecule has 2 rings (SSSR count). The van der Waals surface area contributed by atoms with Crippen molar-refractivity contribution in [2.24, 2.45) is 0 Å². The van der Waals surface area contributed by atoms with Gasteiger partial charge in [0, 0.05) is 5.56 Å². The second-order valence-electron chi connectivity index (χ2n) is 5.76. The van der Waals surface area contributed by atoms with Crippen molar-refractivity contribution in [2.45, 2.75) is 26.8 Å². The predicted molar refractivity (Wildman–Crippen MR) is 91.4 cm³/mol. The Hall–Kier alpha value is -2.82. The lowest BCUT2D eigenvalue weighted by Gasteiger charge is -2.16. The second-order valence-corrected chi connectivity index (χ2v) is 5.76. The van der Waals surface area contributed by atoms with Crippen molar-refractivity contribution < 1.29 is 19.4 Å². The van der Waals surface area contributed by atoms with Crippen LogP contribution in [0.5, 0.6) is 5.75 Å². The Balaban J connectivity index is 2.02. The van der Waals surface area contributed by atoms with E-state index in [4.69, 9.17) is 9.84 Å². The number of carboxylic acid groups (broad SMARTS) is 1. The quantitative estimate of drug-likeness (QED) is 0.854. The predicted octanol–water partition coefficient (Wildman–Crippen LogP) is 3.26. The van der Waals surface area contributed by atoms with E-state index in [1.807, 2.05) is 51.1 Å². The van der Waals surface area contributed by atoms with Gasteiger partial charge in [-0.05, 0) is 50.1 Å². The molecule has 0 saturated heterocycles. The molecule has 24 heavy (non-hydrogen) atoms. The van der Waals surface area contributed by atoms with Crippen molar-refractivity contribution in [1.82, 2.24) is 5.32 Å². The van der Waals surface area contributed by atoms with Gasteiger partial charge in [0.05, 0.1) is 6.04 Å². The van der Waals surface area contributed by atoms with E-state index < -0.39 is 5.97 Å². The number of rotatable bonds is 6. The van der Waals surface area contributed by atoms with Crippen molar-refractivity contribution in [1.29, 1.82) is 0 Å². The summed E-state index contributed by atoms with van der Waals surface area (Å²) in [4.78, 5) is 22.9. The number of carbonyl (C=O) groups is 2. The Bertz CT molecular complexity index is 738. The minimum absolute atomic E-state index is 0.119. The fourth-order valence-electron chi connectivity index (χ4n) is 2.42. The molecule has 1 amide bonds. The van der Waals surface area contributed by atoms with Gasteiger partial charge in [-0.1, -0.05) is 29.8 Å². The van der Waals surface area contributed by atoms with Gasteiger partial charge >= 0.3 is 5.97 Å². The molecule has 5 nitrogen and oxygen atoms in total. The van der Waals surface area contributed by atoms with Gasteiger partial charge in [0.1, 0.15) is 5.75 Å². The van der Waals surface area contributed by atoms with Crippen molar-refractivity contribution in [3.63, 3.8) is 0 Å². The third kappa shape index (κ3) is 4.59. The van der Waals surface area contributed by atoms with Gasteiger partial charge in [0.25, 0.3) is 5.91 Å². The van der Waals surface area contributed by atoms with Gasteiger partial charge in [-0.25, -0.2) is 4.79 Å². The fraction of sp³-hybridized carbons (Fsp3) is 0.263. The summed E-state index contributed by atoms with van der Waals surface area (Å²) in [7, 11) is 0. The third-order valence-corrected chi connectivity index (χ3v) is 3.72. The minimum Gasteiger partial charge on any atom is -0.482 e. The Morgan fingerprint density at radius 1 is 1.12 bits per heavy atom. The number of aliphatic carboxylic acids is 1. The highest BCUT2D eigenvalue weighted by atomic mass is 16.5. The second kappa shape index (κ2) is 7.64. The number of carbonyl (C=O) groups excluding carboxylic acids is 1. The number of benzene rings is 2. The summed E-state index contributed by atoms with van der Waals surface area (Å²) in [5.74, 6) is -0.659. The van der Waals surface area contributed by atoms with Crippen LogP contribution in [-0.4, -0.2) is 23.6 Å². The number of ether oxygens (including phenoxy) is 1. The molecule has 0 aromatic heterocycles. The van der Waals surface area contributed by atoms with Crippen LogP contribution in [-0.2, 0) is 4.79 Å². The largest absolute Gasteiger partial charge is 0.482 e. The standard InChI is InChI=1S/C19H21NO4/c1-12-4-9-17(13(2)10-12)19(23)20-14(3)15-5-7-16(8-6-15)24-11-18(21)22/h4-10,14H,11H2,1-3H3,(H,20,23)(H,21,22). The normalized spacial score (nSPS) is 11.6. The van der Waals surface area contributed by atoms with Crippen LogP contribution in [0.15, 0.2) is 42.5 Å². The molecule has 0 spiro atoms. The lowest BCUT2D eigenvalue weighted by molar-refractivity contribution is -0.139.